The number of benzene rings is 1. The summed E-state index contributed by atoms with van der Waals surface area (Å²) in [6.45, 7) is 2.64. The minimum Gasteiger partial charge on any atom is -0.330 e. The first-order valence-corrected chi connectivity index (χ1v) is 6.77. The Morgan fingerprint density at radius 2 is 1.95 bits per heavy atom. The lowest BCUT2D eigenvalue weighted by molar-refractivity contribution is 0.759. The molecule has 0 bridgehead atoms. The molecule has 0 spiro atoms. The van der Waals surface area contributed by atoms with Gasteiger partial charge in [0.25, 0.3) is 0 Å². The average Bonchev–Trinajstić information content (AvgIpc) is 2.89. The van der Waals surface area contributed by atoms with Crippen LogP contribution in [-0.2, 0) is 6.42 Å². The van der Waals surface area contributed by atoms with Crippen molar-refractivity contribution in [3.05, 3.63) is 48.0 Å². The third kappa shape index (κ3) is 2.28. The van der Waals surface area contributed by atoms with Gasteiger partial charge in [-0.05, 0) is 19.9 Å². The highest BCUT2D eigenvalue weighted by Gasteiger charge is 2.10. The van der Waals surface area contributed by atoms with Crippen molar-refractivity contribution < 1.29 is 0 Å². The maximum absolute atomic E-state index is 5.55. The van der Waals surface area contributed by atoms with Gasteiger partial charge in [-0.2, -0.15) is 0 Å². The Morgan fingerprint density at radius 3 is 2.70 bits per heavy atom. The fourth-order valence-electron chi connectivity index (χ4n) is 2.33. The molecule has 0 amide bonds. The summed E-state index contributed by atoms with van der Waals surface area (Å²) in [5.41, 5.74) is 8.40. The quantitative estimate of drug-likeness (QED) is 0.785. The molecule has 0 saturated heterocycles. The molecule has 0 atom stereocenters. The van der Waals surface area contributed by atoms with E-state index in [1.54, 1.807) is 0 Å². The Morgan fingerprint density at radius 1 is 1.15 bits per heavy atom. The van der Waals surface area contributed by atoms with Gasteiger partial charge < -0.3 is 5.73 Å². The summed E-state index contributed by atoms with van der Waals surface area (Å²) in [6, 6.07) is 12.1. The molecule has 0 aliphatic heterocycles. The van der Waals surface area contributed by atoms with Gasteiger partial charge in [-0.3, -0.25) is 4.40 Å². The van der Waals surface area contributed by atoms with E-state index in [1.165, 1.54) is 0 Å². The van der Waals surface area contributed by atoms with E-state index in [1.807, 2.05) is 47.7 Å². The second kappa shape index (κ2) is 5.38. The van der Waals surface area contributed by atoms with E-state index in [9.17, 15) is 0 Å². The van der Waals surface area contributed by atoms with E-state index in [2.05, 4.69) is 15.2 Å². The standard InChI is InChI=1S/C15H17N5/c1-11-17-13(12-6-3-2-4-7-12)10-15-19-18-14(20(11)15)8-5-9-16/h2-4,6-7,10H,5,8-9,16H2,1H3. The first kappa shape index (κ1) is 12.7. The van der Waals surface area contributed by atoms with Crippen LogP contribution in [0.4, 0.5) is 0 Å². The van der Waals surface area contributed by atoms with Gasteiger partial charge in [0.05, 0.1) is 5.69 Å². The molecule has 1 aromatic carbocycles. The van der Waals surface area contributed by atoms with Crippen molar-refractivity contribution in [3.8, 4) is 11.3 Å². The third-order valence-electron chi connectivity index (χ3n) is 3.30. The highest BCUT2D eigenvalue weighted by atomic mass is 15.3. The van der Waals surface area contributed by atoms with Gasteiger partial charge in [0, 0.05) is 18.1 Å². The van der Waals surface area contributed by atoms with E-state index in [0.29, 0.717) is 6.54 Å². The molecule has 0 unspecified atom stereocenters. The number of aryl methyl sites for hydroxylation is 2. The molecule has 2 N–H and O–H groups in total. The van der Waals surface area contributed by atoms with Crippen molar-refractivity contribution in [1.82, 2.24) is 19.6 Å². The van der Waals surface area contributed by atoms with Crippen LogP contribution in [0.15, 0.2) is 36.4 Å². The highest BCUT2D eigenvalue weighted by molar-refractivity contribution is 5.63. The molecule has 2 heterocycles. The number of nitrogens with two attached hydrogens (primary N) is 1. The van der Waals surface area contributed by atoms with Crippen LogP contribution >= 0.6 is 0 Å². The van der Waals surface area contributed by atoms with E-state index >= 15 is 0 Å². The fourth-order valence-corrected chi connectivity index (χ4v) is 2.33. The van der Waals surface area contributed by atoms with Crippen LogP contribution in [0, 0.1) is 6.92 Å². The molecule has 0 aliphatic carbocycles. The largest absolute Gasteiger partial charge is 0.330 e. The molecule has 0 aliphatic rings. The van der Waals surface area contributed by atoms with Gasteiger partial charge in [-0.15, -0.1) is 10.2 Å². The maximum Gasteiger partial charge on any atom is 0.164 e. The van der Waals surface area contributed by atoms with Crippen molar-refractivity contribution in [3.63, 3.8) is 0 Å². The van der Waals surface area contributed by atoms with Gasteiger partial charge in [0.1, 0.15) is 11.6 Å². The zero-order chi connectivity index (χ0) is 13.9. The van der Waals surface area contributed by atoms with Gasteiger partial charge >= 0.3 is 0 Å². The second-order valence-corrected chi connectivity index (χ2v) is 4.76. The Balaban J connectivity index is 2.08. The monoisotopic (exact) mass is 267 g/mol. The highest BCUT2D eigenvalue weighted by Crippen LogP contribution is 2.19. The first-order valence-electron chi connectivity index (χ1n) is 6.77. The summed E-state index contributed by atoms with van der Waals surface area (Å²) in [7, 11) is 0. The summed E-state index contributed by atoms with van der Waals surface area (Å²) in [6.07, 6.45) is 1.73. The number of aromatic nitrogens is 4. The lowest BCUT2D eigenvalue weighted by Crippen LogP contribution is -2.05. The van der Waals surface area contributed by atoms with Crippen molar-refractivity contribution in [1.29, 1.82) is 0 Å². The summed E-state index contributed by atoms with van der Waals surface area (Å²) < 4.78 is 2.00. The Kier molecular flexibility index (Phi) is 3.43. The Bertz CT molecular complexity index is 718. The van der Waals surface area contributed by atoms with Crippen LogP contribution in [0.25, 0.3) is 16.9 Å². The van der Waals surface area contributed by atoms with Crippen LogP contribution < -0.4 is 5.73 Å². The summed E-state index contributed by atoms with van der Waals surface area (Å²) >= 11 is 0. The molecule has 5 heteroatoms. The molecule has 0 fully saturated rings. The van der Waals surface area contributed by atoms with Crippen molar-refractivity contribution in [2.75, 3.05) is 6.54 Å². The van der Waals surface area contributed by atoms with E-state index in [0.717, 1.165) is 41.4 Å². The molecule has 5 nitrogen and oxygen atoms in total. The van der Waals surface area contributed by atoms with Crippen molar-refractivity contribution >= 4 is 5.65 Å². The smallest absolute Gasteiger partial charge is 0.164 e. The van der Waals surface area contributed by atoms with Gasteiger partial charge in [-0.1, -0.05) is 30.3 Å². The maximum atomic E-state index is 5.55. The van der Waals surface area contributed by atoms with E-state index in [4.69, 9.17) is 5.73 Å². The van der Waals surface area contributed by atoms with Crippen molar-refractivity contribution in [2.24, 2.45) is 5.73 Å². The molecule has 3 aromatic rings. The van der Waals surface area contributed by atoms with Crippen LogP contribution in [0.1, 0.15) is 18.1 Å². The second-order valence-electron chi connectivity index (χ2n) is 4.76. The molecule has 2 aromatic heterocycles. The summed E-state index contributed by atoms with van der Waals surface area (Å²) in [5.74, 6) is 1.83. The average molecular weight is 267 g/mol. The fraction of sp³-hybridized carbons (Fsp3) is 0.267. The normalized spacial score (nSPS) is 11.1. The summed E-state index contributed by atoms with van der Waals surface area (Å²) in [4.78, 5) is 4.66. The Labute approximate surface area is 117 Å². The van der Waals surface area contributed by atoms with E-state index in [-0.39, 0.29) is 0 Å². The predicted octanol–water partition coefficient (Wildman–Crippen LogP) is 1.99. The van der Waals surface area contributed by atoms with Gasteiger partial charge in [0.15, 0.2) is 5.65 Å². The topological polar surface area (TPSA) is 69.1 Å². The minimum absolute atomic E-state index is 0.656. The van der Waals surface area contributed by atoms with Crippen LogP contribution in [-0.4, -0.2) is 26.1 Å². The molecule has 3 rings (SSSR count). The number of rotatable bonds is 4. The van der Waals surface area contributed by atoms with Crippen LogP contribution in [0.2, 0.25) is 0 Å². The van der Waals surface area contributed by atoms with Gasteiger partial charge in [0.2, 0.25) is 0 Å². The summed E-state index contributed by atoms with van der Waals surface area (Å²) in [5, 5.41) is 8.50. The number of nitrogens with zero attached hydrogens (tertiary/aromatic N) is 4. The van der Waals surface area contributed by atoms with Crippen molar-refractivity contribution in [2.45, 2.75) is 19.8 Å². The zero-order valence-electron chi connectivity index (χ0n) is 11.5. The minimum atomic E-state index is 0.656. The number of hydrogen-bond acceptors (Lipinski definition) is 4. The molecule has 102 valence electrons. The SMILES string of the molecule is Cc1nc(-c2ccccc2)cc2nnc(CCCN)n12. The molecule has 0 saturated carbocycles. The van der Waals surface area contributed by atoms with E-state index < -0.39 is 0 Å². The lowest BCUT2D eigenvalue weighted by atomic mass is 10.1. The Hall–Kier alpha value is -2.27. The molecular formula is C15H17N5. The van der Waals surface area contributed by atoms with Crippen LogP contribution in [0.5, 0.6) is 0 Å². The zero-order valence-corrected chi connectivity index (χ0v) is 11.5. The van der Waals surface area contributed by atoms with Gasteiger partial charge in [-0.25, -0.2) is 4.98 Å². The molecule has 20 heavy (non-hydrogen) atoms. The van der Waals surface area contributed by atoms with Crippen LogP contribution in [0.3, 0.4) is 0 Å². The third-order valence-corrected chi connectivity index (χ3v) is 3.30. The number of fused-ring (bicyclic) bond motifs is 1. The lowest BCUT2D eigenvalue weighted by Gasteiger charge is -2.06. The molecular weight excluding hydrogens is 250 g/mol. The predicted molar refractivity (Wildman–Crippen MR) is 78.3 cm³/mol. The first-order chi connectivity index (χ1) is 9.79. The number of hydrogen-bond donors (Lipinski definition) is 1. The molecule has 0 radical (unpaired) electrons.